The van der Waals surface area contributed by atoms with Gasteiger partial charge in [-0.2, -0.15) is 23.5 Å². The monoisotopic (exact) mass is 501 g/mol. The van der Waals surface area contributed by atoms with Gasteiger partial charge >= 0.3 is 6.18 Å². The second-order valence-corrected chi connectivity index (χ2v) is 9.71. The topological polar surface area (TPSA) is 92.0 Å². The number of nitrogens with zero attached hydrogens (tertiary/aromatic N) is 3. The van der Waals surface area contributed by atoms with Crippen LogP contribution in [0.2, 0.25) is 0 Å². The molecule has 11 heteroatoms. The molecule has 0 fully saturated rings. The van der Waals surface area contributed by atoms with Crippen LogP contribution >= 0.6 is 11.3 Å². The maximum absolute atomic E-state index is 14.0. The van der Waals surface area contributed by atoms with Crippen LogP contribution in [0.25, 0.3) is 0 Å². The first-order valence-electron chi connectivity index (χ1n) is 11.2. The predicted molar refractivity (Wildman–Crippen MR) is 125 cm³/mol. The van der Waals surface area contributed by atoms with Crippen molar-refractivity contribution in [2.24, 2.45) is 0 Å². The molecule has 1 amide bonds. The van der Waals surface area contributed by atoms with Crippen LogP contribution in [0.4, 0.5) is 24.0 Å². The first-order valence-corrected chi connectivity index (χ1v) is 12.0. The molecule has 1 aliphatic carbocycles. The van der Waals surface area contributed by atoms with Crippen molar-refractivity contribution in [2.45, 2.75) is 50.4 Å². The summed E-state index contributed by atoms with van der Waals surface area (Å²) in [5.41, 5.74) is 1.89. The number of fused-ring (bicyclic) bond motifs is 2. The molecule has 1 aliphatic heterocycles. The number of rotatable bonds is 4. The van der Waals surface area contributed by atoms with Crippen molar-refractivity contribution in [3.8, 4) is 11.8 Å². The van der Waals surface area contributed by atoms with Gasteiger partial charge in [0.2, 0.25) is 0 Å². The summed E-state index contributed by atoms with van der Waals surface area (Å²) in [6, 6.07) is 7.80. The molecular weight excluding hydrogens is 479 g/mol. The van der Waals surface area contributed by atoms with E-state index in [4.69, 9.17) is 4.74 Å². The number of nitrogens with one attached hydrogen (secondary N) is 2. The highest BCUT2D eigenvalue weighted by molar-refractivity contribution is 7.16. The van der Waals surface area contributed by atoms with Crippen molar-refractivity contribution in [1.82, 2.24) is 9.78 Å². The number of aromatic nitrogens is 2. The Morgan fingerprint density at radius 1 is 1.31 bits per heavy atom. The molecule has 5 rings (SSSR count). The molecule has 0 saturated carbocycles. The molecule has 0 unspecified atom stereocenters. The first kappa shape index (κ1) is 23.2. The summed E-state index contributed by atoms with van der Waals surface area (Å²) in [5.74, 6) is -0.0101. The van der Waals surface area contributed by atoms with Crippen LogP contribution in [0.5, 0.6) is 5.75 Å². The largest absolute Gasteiger partial charge is 0.497 e. The number of benzene rings is 1. The van der Waals surface area contributed by atoms with Crippen molar-refractivity contribution in [1.29, 1.82) is 5.26 Å². The molecule has 35 heavy (non-hydrogen) atoms. The Labute approximate surface area is 203 Å². The fourth-order valence-corrected chi connectivity index (χ4v) is 5.94. The van der Waals surface area contributed by atoms with Crippen LogP contribution in [-0.2, 0) is 12.8 Å². The summed E-state index contributed by atoms with van der Waals surface area (Å²) in [6.07, 6.45) is -1.20. The van der Waals surface area contributed by atoms with Crippen molar-refractivity contribution >= 4 is 28.1 Å². The highest BCUT2D eigenvalue weighted by Crippen LogP contribution is 2.44. The van der Waals surface area contributed by atoms with Gasteiger partial charge in [-0.3, -0.25) is 4.79 Å². The molecule has 2 aliphatic rings. The maximum atomic E-state index is 14.0. The number of carbonyl (C=O) groups excluding carboxylic acids is 1. The zero-order chi connectivity index (χ0) is 24.7. The molecule has 2 N–H and O–H groups in total. The molecular formula is C24H22F3N5O2S. The van der Waals surface area contributed by atoms with Crippen LogP contribution in [0, 0.1) is 11.3 Å². The SMILES string of the molecule is COc1cccc([C@H]2C[C@@H](C(F)(F)F)n3nc(C(=O)Nc4sc5c(c4C#N)CCCC5)cc3N2)c1. The van der Waals surface area contributed by atoms with E-state index in [1.54, 1.807) is 24.3 Å². The third kappa shape index (κ3) is 4.34. The molecule has 2 atom stereocenters. The van der Waals surface area contributed by atoms with E-state index in [1.165, 1.54) is 24.5 Å². The minimum absolute atomic E-state index is 0.0996. The van der Waals surface area contributed by atoms with Crippen molar-refractivity contribution < 1.29 is 22.7 Å². The fourth-order valence-electron chi connectivity index (χ4n) is 4.70. The van der Waals surface area contributed by atoms with Gasteiger partial charge in [-0.25, -0.2) is 4.68 Å². The van der Waals surface area contributed by atoms with E-state index in [2.05, 4.69) is 21.8 Å². The van der Waals surface area contributed by atoms with Gasteiger partial charge in [-0.15, -0.1) is 11.3 Å². The second kappa shape index (κ2) is 8.92. The molecule has 0 bridgehead atoms. The van der Waals surface area contributed by atoms with Crippen molar-refractivity contribution in [3.05, 3.63) is 57.6 Å². The number of thiophene rings is 1. The Bertz CT molecular complexity index is 1320. The summed E-state index contributed by atoms with van der Waals surface area (Å²) in [7, 11) is 1.49. The number of halogens is 3. The van der Waals surface area contributed by atoms with E-state index in [0.29, 0.717) is 21.9 Å². The number of methoxy groups -OCH3 is 1. The van der Waals surface area contributed by atoms with E-state index in [1.807, 2.05) is 0 Å². The zero-order valence-electron chi connectivity index (χ0n) is 18.8. The molecule has 0 spiro atoms. The van der Waals surface area contributed by atoms with Crippen molar-refractivity contribution in [2.75, 3.05) is 17.7 Å². The number of amides is 1. The Kier molecular flexibility index (Phi) is 5.92. The first-order chi connectivity index (χ1) is 16.8. The standard InChI is InChI=1S/C24H22F3N5O2S/c1-34-14-6-4-5-13(9-14)17-10-20(24(25,26)27)32-21(29-17)11-18(31-32)22(33)30-23-16(12-28)15-7-2-3-8-19(15)35-23/h4-6,9,11,17,20,29H,2-3,7-8,10H2,1H3,(H,30,33)/t17-,20+/m1/s1. The summed E-state index contributed by atoms with van der Waals surface area (Å²) >= 11 is 1.35. The molecule has 0 radical (unpaired) electrons. The van der Waals surface area contributed by atoms with Crippen LogP contribution in [0.1, 0.15) is 63.4 Å². The summed E-state index contributed by atoms with van der Waals surface area (Å²) < 4.78 is 48.0. The Morgan fingerprint density at radius 2 is 2.11 bits per heavy atom. The zero-order valence-corrected chi connectivity index (χ0v) is 19.6. The fraction of sp³-hybridized carbons (Fsp3) is 0.375. The van der Waals surface area contributed by atoms with Crippen LogP contribution < -0.4 is 15.4 Å². The van der Waals surface area contributed by atoms with E-state index in [9.17, 15) is 23.2 Å². The van der Waals surface area contributed by atoms with Gasteiger partial charge in [0.25, 0.3) is 5.91 Å². The molecule has 3 aromatic rings. The lowest BCUT2D eigenvalue weighted by molar-refractivity contribution is -0.173. The molecule has 7 nitrogen and oxygen atoms in total. The predicted octanol–water partition coefficient (Wildman–Crippen LogP) is 5.62. The van der Waals surface area contributed by atoms with Gasteiger partial charge < -0.3 is 15.4 Å². The van der Waals surface area contributed by atoms with E-state index in [-0.39, 0.29) is 17.9 Å². The van der Waals surface area contributed by atoms with Gasteiger partial charge in [0.05, 0.1) is 18.7 Å². The van der Waals surface area contributed by atoms with Gasteiger partial charge in [-0.1, -0.05) is 12.1 Å². The number of aryl methyl sites for hydroxylation is 1. The lowest BCUT2D eigenvalue weighted by atomic mass is 9.96. The van der Waals surface area contributed by atoms with E-state index < -0.39 is 24.2 Å². The summed E-state index contributed by atoms with van der Waals surface area (Å²) in [6.45, 7) is 0. The Hall–Kier alpha value is -3.52. The molecule has 182 valence electrons. The quantitative estimate of drug-likeness (QED) is 0.484. The maximum Gasteiger partial charge on any atom is 0.410 e. The smallest absolute Gasteiger partial charge is 0.410 e. The normalized spacial score (nSPS) is 19.2. The van der Waals surface area contributed by atoms with Gasteiger partial charge in [0, 0.05) is 17.4 Å². The summed E-state index contributed by atoms with van der Waals surface area (Å²) in [4.78, 5) is 14.1. The minimum atomic E-state index is -4.56. The number of carbonyl (C=O) groups is 1. The molecule has 3 heterocycles. The number of nitriles is 1. The lowest BCUT2D eigenvalue weighted by Gasteiger charge is -2.33. The average molecular weight is 502 g/mol. The Balaban J connectivity index is 1.45. The number of anilines is 2. The molecule has 2 aromatic heterocycles. The highest BCUT2D eigenvalue weighted by Gasteiger charge is 2.47. The van der Waals surface area contributed by atoms with E-state index >= 15 is 0 Å². The van der Waals surface area contributed by atoms with Crippen LogP contribution in [0.3, 0.4) is 0 Å². The third-order valence-corrected chi connectivity index (χ3v) is 7.64. The van der Waals surface area contributed by atoms with Crippen LogP contribution in [0.15, 0.2) is 30.3 Å². The van der Waals surface area contributed by atoms with Crippen LogP contribution in [-0.4, -0.2) is 29.0 Å². The lowest BCUT2D eigenvalue weighted by Crippen LogP contribution is -2.35. The number of hydrogen-bond donors (Lipinski definition) is 2. The van der Waals surface area contributed by atoms with Gasteiger partial charge in [-0.05, 0) is 48.9 Å². The molecule has 0 saturated heterocycles. The highest BCUT2D eigenvalue weighted by atomic mass is 32.1. The van der Waals surface area contributed by atoms with Crippen molar-refractivity contribution in [3.63, 3.8) is 0 Å². The average Bonchev–Trinajstić information content (AvgIpc) is 3.43. The molecule has 1 aromatic carbocycles. The van der Waals surface area contributed by atoms with Gasteiger partial charge in [0.15, 0.2) is 11.7 Å². The second-order valence-electron chi connectivity index (χ2n) is 8.61. The van der Waals surface area contributed by atoms with Gasteiger partial charge in [0.1, 0.15) is 22.6 Å². The number of alkyl halides is 3. The minimum Gasteiger partial charge on any atom is -0.497 e. The van der Waals surface area contributed by atoms with E-state index in [0.717, 1.165) is 40.8 Å². The summed E-state index contributed by atoms with van der Waals surface area (Å²) in [5, 5.41) is 19.8. The third-order valence-electron chi connectivity index (χ3n) is 6.43. The number of ether oxygens (including phenoxy) is 1. The number of hydrogen-bond acceptors (Lipinski definition) is 6. The Morgan fingerprint density at radius 3 is 2.86 bits per heavy atom.